The molecule has 0 aliphatic carbocycles. The molecule has 0 spiro atoms. The number of nitrogens with zero attached hydrogens (tertiary/aromatic N) is 1. The van der Waals surface area contributed by atoms with Gasteiger partial charge in [-0.15, -0.1) is 0 Å². The summed E-state index contributed by atoms with van der Waals surface area (Å²) in [7, 11) is 0. The Balaban J connectivity index is 2.19. The van der Waals surface area contributed by atoms with Gasteiger partial charge in [0.05, 0.1) is 12.3 Å². The van der Waals surface area contributed by atoms with Crippen molar-refractivity contribution in [2.75, 3.05) is 0 Å². The number of aliphatic hydroxyl groups is 1. The fourth-order valence-electron chi connectivity index (χ4n) is 1.92. The number of hydrogen-bond acceptors (Lipinski definition) is 2. The molecule has 0 radical (unpaired) electrons. The largest absolute Gasteiger partial charge is 0.388 e. The third-order valence-corrected chi connectivity index (χ3v) is 3.16. The van der Waals surface area contributed by atoms with E-state index < -0.39 is 11.9 Å². The summed E-state index contributed by atoms with van der Waals surface area (Å²) in [4.78, 5) is 3.67. The van der Waals surface area contributed by atoms with Crippen LogP contribution in [-0.2, 0) is 6.42 Å². The van der Waals surface area contributed by atoms with Crippen LogP contribution in [0.1, 0.15) is 28.4 Å². The van der Waals surface area contributed by atoms with Gasteiger partial charge in [-0.25, -0.2) is 4.39 Å². The number of rotatable bonds is 3. The molecule has 0 saturated carbocycles. The fraction of sp³-hybridized carbons (Fsp3) is 0.267. The first-order chi connectivity index (χ1) is 8.58. The fourth-order valence-corrected chi connectivity index (χ4v) is 1.92. The first-order valence-corrected chi connectivity index (χ1v) is 5.91. The zero-order valence-corrected chi connectivity index (χ0v) is 10.5. The molecule has 1 unspecified atom stereocenters. The second-order valence-corrected chi connectivity index (χ2v) is 4.54. The van der Waals surface area contributed by atoms with Crippen LogP contribution in [0.15, 0.2) is 36.7 Å². The Hall–Kier alpha value is -1.74. The van der Waals surface area contributed by atoms with E-state index in [1.165, 1.54) is 23.4 Å². The molecule has 1 heterocycles. The summed E-state index contributed by atoms with van der Waals surface area (Å²) in [5, 5.41) is 10.0. The second-order valence-electron chi connectivity index (χ2n) is 4.54. The Kier molecular flexibility index (Phi) is 3.72. The van der Waals surface area contributed by atoms with Crippen molar-refractivity contribution in [3.63, 3.8) is 0 Å². The van der Waals surface area contributed by atoms with Gasteiger partial charge < -0.3 is 5.11 Å². The van der Waals surface area contributed by atoms with Crippen LogP contribution in [0.25, 0.3) is 0 Å². The van der Waals surface area contributed by atoms with Crippen LogP contribution in [-0.4, -0.2) is 10.1 Å². The van der Waals surface area contributed by atoms with Crippen molar-refractivity contribution in [1.29, 1.82) is 0 Å². The smallest absolute Gasteiger partial charge is 0.147 e. The van der Waals surface area contributed by atoms with Crippen LogP contribution in [0.4, 0.5) is 4.39 Å². The summed E-state index contributed by atoms with van der Waals surface area (Å²) < 4.78 is 13.5. The average molecular weight is 245 g/mol. The van der Waals surface area contributed by atoms with Crippen LogP contribution in [0, 0.1) is 19.7 Å². The average Bonchev–Trinajstić information content (AvgIpc) is 2.34. The highest BCUT2D eigenvalue weighted by atomic mass is 19.1. The Morgan fingerprint density at radius 3 is 2.67 bits per heavy atom. The van der Waals surface area contributed by atoms with Crippen LogP contribution in [0.2, 0.25) is 0 Å². The van der Waals surface area contributed by atoms with E-state index in [-0.39, 0.29) is 0 Å². The maximum atomic E-state index is 13.5. The highest BCUT2D eigenvalue weighted by Crippen LogP contribution is 2.21. The lowest BCUT2D eigenvalue weighted by Gasteiger charge is -2.12. The van der Waals surface area contributed by atoms with Crippen molar-refractivity contribution in [2.24, 2.45) is 0 Å². The minimum Gasteiger partial charge on any atom is -0.388 e. The van der Waals surface area contributed by atoms with E-state index in [4.69, 9.17) is 0 Å². The van der Waals surface area contributed by atoms with Crippen LogP contribution in [0.3, 0.4) is 0 Å². The first-order valence-electron chi connectivity index (χ1n) is 5.91. The van der Waals surface area contributed by atoms with Crippen molar-refractivity contribution in [3.05, 3.63) is 64.7 Å². The first kappa shape index (κ1) is 12.7. The van der Waals surface area contributed by atoms with E-state index in [0.29, 0.717) is 12.0 Å². The molecule has 2 aromatic rings. The summed E-state index contributed by atoms with van der Waals surface area (Å²) in [5.41, 5.74) is 3.68. The number of halogens is 1. The molecule has 18 heavy (non-hydrogen) atoms. The van der Waals surface area contributed by atoms with Gasteiger partial charge in [0.2, 0.25) is 0 Å². The molecule has 2 nitrogen and oxygen atoms in total. The SMILES string of the molecule is Cc1ccc(CC(O)c2ccncc2F)cc1C. The van der Waals surface area contributed by atoms with Crippen LogP contribution >= 0.6 is 0 Å². The van der Waals surface area contributed by atoms with Gasteiger partial charge in [0.25, 0.3) is 0 Å². The molecule has 0 saturated heterocycles. The molecule has 1 aromatic heterocycles. The molecular formula is C15H16FNO. The lowest BCUT2D eigenvalue weighted by molar-refractivity contribution is 0.173. The van der Waals surface area contributed by atoms with Crippen molar-refractivity contribution >= 4 is 0 Å². The normalized spacial score (nSPS) is 12.4. The molecule has 3 heteroatoms. The van der Waals surface area contributed by atoms with E-state index >= 15 is 0 Å². The van der Waals surface area contributed by atoms with Crippen molar-refractivity contribution in [3.8, 4) is 0 Å². The van der Waals surface area contributed by atoms with Gasteiger partial charge in [0, 0.05) is 18.2 Å². The third kappa shape index (κ3) is 2.74. The molecule has 0 fully saturated rings. The topological polar surface area (TPSA) is 33.1 Å². The van der Waals surface area contributed by atoms with Gasteiger partial charge in [-0.3, -0.25) is 4.98 Å². The van der Waals surface area contributed by atoms with E-state index in [1.54, 1.807) is 0 Å². The number of aromatic nitrogens is 1. The Morgan fingerprint density at radius 2 is 2.00 bits per heavy atom. The van der Waals surface area contributed by atoms with Crippen LogP contribution in [0.5, 0.6) is 0 Å². The van der Waals surface area contributed by atoms with Crippen molar-refractivity contribution < 1.29 is 9.50 Å². The molecular weight excluding hydrogens is 229 g/mol. The molecule has 1 aromatic carbocycles. The maximum absolute atomic E-state index is 13.5. The van der Waals surface area contributed by atoms with Gasteiger partial charge in [0.15, 0.2) is 0 Å². The predicted octanol–water partition coefficient (Wildman–Crippen LogP) is 3.11. The van der Waals surface area contributed by atoms with Crippen LogP contribution < -0.4 is 0 Å². The second kappa shape index (κ2) is 5.27. The molecule has 1 N–H and O–H groups in total. The van der Waals surface area contributed by atoms with Gasteiger partial charge in [0.1, 0.15) is 5.82 Å². The molecule has 1 atom stereocenters. The lowest BCUT2D eigenvalue weighted by Crippen LogP contribution is -2.05. The third-order valence-electron chi connectivity index (χ3n) is 3.16. The molecule has 2 rings (SSSR count). The van der Waals surface area contributed by atoms with Gasteiger partial charge >= 0.3 is 0 Å². The number of aliphatic hydroxyl groups excluding tert-OH is 1. The summed E-state index contributed by atoms with van der Waals surface area (Å²) in [6.45, 7) is 4.07. The Morgan fingerprint density at radius 1 is 1.22 bits per heavy atom. The Labute approximate surface area is 106 Å². The summed E-state index contributed by atoms with van der Waals surface area (Å²) in [6, 6.07) is 7.52. The Bertz CT molecular complexity index is 554. The number of hydrogen-bond donors (Lipinski definition) is 1. The van der Waals surface area contributed by atoms with E-state index in [0.717, 1.165) is 11.8 Å². The zero-order chi connectivity index (χ0) is 13.1. The summed E-state index contributed by atoms with van der Waals surface area (Å²) in [5.74, 6) is -0.464. The monoisotopic (exact) mass is 245 g/mol. The van der Waals surface area contributed by atoms with Crippen molar-refractivity contribution in [2.45, 2.75) is 26.4 Å². The lowest BCUT2D eigenvalue weighted by atomic mass is 9.99. The minimum absolute atomic E-state index is 0.295. The zero-order valence-electron chi connectivity index (χ0n) is 10.5. The number of benzene rings is 1. The highest BCUT2D eigenvalue weighted by Gasteiger charge is 2.13. The standard InChI is InChI=1S/C15H16FNO/c1-10-3-4-12(7-11(10)2)8-15(18)13-5-6-17-9-14(13)16/h3-7,9,15,18H,8H2,1-2H3. The number of pyridine rings is 1. The maximum Gasteiger partial charge on any atom is 0.147 e. The molecule has 94 valence electrons. The molecule has 0 bridgehead atoms. The van der Waals surface area contributed by atoms with E-state index in [1.807, 2.05) is 32.0 Å². The summed E-state index contributed by atoms with van der Waals surface area (Å²) >= 11 is 0. The predicted molar refractivity (Wildman–Crippen MR) is 68.8 cm³/mol. The minimum atomic E-state index is -0.838. The summed E-state index contributed by atoms with van der Waals surface area (Å²) in [6.07, 6.45) is 2.18. The van der Waals surface area contributed by atoms with E-state index in [9.17, 15) is 9.50 Å². The van der Waals surface area contributed by atoms with Gasteiger partial charge in [-0.05, 0) is 36.6 Å². The number of aryl methyl sites for hydroxylation is 2. The molecule has 0 amide bonds. The molecule has 0 aliphatic rings. The van der Waals surface area contributed by atoms with Gasteiger partial charge in [-0.1, -0.05) is 18.2 Å². The van der Waals surface area contributed by atoms with Crippen molar-refractivity contribution in [1.82, 2.24) is 4.98 Å². The van der Waals surface area contributed by atoms with E-state index in [2.05, 4.69) is 4.98 Å². The highest BCUT2D eigenvalue weighted by molar-refractivity contribution is 5.31. The van der Waals surface area contributed by atoms with Gasteiger partial charge in [-0.2, -0.15) is 0 Å². The quantitative estimate of drug-likeness (QED) is 0.901. The molecule has 0 aliphatic heterocycles.